The van der Waals surface area contributed by atoms with Gasteiger partial charge in [0.1, 0.15) is 0 Å². The SMILES string of the molecule is CN1C=C=NC(=O)NC1=O. The first kappa shape index (κ1) is 6.51. The molecule has 5 heteroatoms. The van der Waals surface area contributed by atoms with Gasteiger partial charge in [0.15, 0.2) is 0 Å². The van der Waals surface area contributed by atoms with Crippen LogP contribution in [-0.4, -0.2) is 29.9 Å². The highest BCUT2D eigenvalue weighted by atomic mass is 16.2. The maximum Gasteiger partial charge on any atom is 0.357 e. The molecule has 0 fully saturated rings. The number of aliphatic imine (C=N–C) groups is 1. The van der Waals surface area contributed by atoms with Crippen molar-refractivity contribution in [3.63, 3.8) is 0 Å². The number of nitrogens with one attached hydrogen (secondary N) is 1. The third-order valence-electron chi connectivity index (χ3n) is 0.952. The fraction of sp³-hybridized carbons (Fsp3) is 0.200. The van der Waals surface area contributed by atoms with Gasteiger partial charge in [-0.15, -0.1) is 4.99 Å². The maximum atomic E-state index is 10.7. The topological polar surface area (TPSA) is 61.8 Å². The zero-order valence-corrected chi connectivity index (χ0v) is 5.29. The molecule has 5 nitrogen and oxygen atoms in total. The molecule has 0 aromatic heterocycles. The number of nitrogens with zero attached hydrogens (tertiary/aromatic N) is 2. The highest BCUT2D eigenvalue weighted by Gasteiger charge is 2.10. The van der Waals surface area contributed by atoms with Crippen molar-refractivity contribution >= 4 is 17.9 Å². The van der Waals surface area contributed by atoms with E-state index in [9.17, 15) is 9.59 Å². The smallest absolute Gasteiger partial charge is 0.295 e. The summed E-state index contributed by atoms with van der Waals surface area (Å²) in [5.74, 6) is 2.27. The van der Waals surface area contributed by atoms with Crippen LogP contribution in [0, 0.1) is 0 Å². The summed E-state index contributed by atoms with van der Waals surface area (Å²) < 4.78 is 0. The molecule has 1 aliphatic heterocycles. The van der Waals surface area contributed by atoms with Crippen molar-refractivity contribution in [3.8, 4) is 0 Å². The number of carbonyl (C=O) groups excluding carboxylic acids is 2. The van der Waals surface area contributed by atoms with Crippen LogP contribution in [0.25, 0.3) is 0 Å². The monoisotopic (exact) mass is 139 g/mol. The predicted molar refractivity (Wildman–Crippen MR) is 33.7 cm³/mol. The molecule has 0 aliphatic carbocycles. The van der Waals surface area contributed by atoms with Gasteiger partial charge >= 0.3 is 12.1 Å². The lowest BCUT2D eigenvalue weighted by Crippen LogP contribution is -2.35. The molecule has 0 aromatic carbocycles. The second-order valence-corrected chi connectivity index (χ2v) is 1.72. The lowest BCUT2D eigenvalue weighted by atomic mass is 10.7. The van der Waals surface area contributed by atoms with Crippen molar-refractivity contribution in [1.82, 2.24) is 10.2 Å². The number of imide groups is 1. The fourth-order valence-electron chi connectivity index (χ4n) is 0.440. The normalized spacial score (nSPS) is 17.1. The summed E-state index contributed by atoms with van der Waals surface area (Å²) in [4.78, 5) is 25.5. The molecule has 1 heterocycles. The second kappa shape index (κ2) is 2.33. The summed E-state index contributed by atoms with van der Waals surface area (Å²) in [6.07, 6.45) is 1.28. The molecule has 1 rings (SSSR count). The van der Waals surface area contributed by atoms with E-state index in [1.165, 1.54) is 18.1 Å². The Morgan fingerprint density at radius 1 is 1.70 bits per heavy atom. The maximum absolute atomic E-state index is 10.7. The van der Waals surface area contributed by atoms with Crippen molar-refractivity contribution in [2.45, 2.75) is 0 Å². The van der Waals surface area contributed by atoms with Crippen molar-refractivity contribution in [1.29, 1.82) is 0 Å². The molecule has 0 aromatic rings. The Balaban J connectivity index is 2.85. The van der Waals surface area contributed by atoms with E-state index >= 15 is 0 Å². The summed E-state index contributed by atoms with van der Waals surface area (Å²) in [5, 5.41) is 1.98. The Hall–Kier alpha value is -1.61. The molecule has 0 saturated carbocycles. The standard InChI is InChI=1S/C5H5N3O2/c1-8-3-2-6-4(9)7-5(8)10/h3H,1H3,(H,7,9,10). The molecule has 0 saturated heterocycles. The van der Waals surface area contributed by atoms with Crippen LogP contribution in [0.4, 0.5) is 9.59 Å². The molecule has 1 N–H and O–H groups in total. The molecular weight excluding hydrogens is 134 g/mol. The second-order valence-electron chi connectivity index (χ2n) is 1.72. The Morgan fingerprint density at radius 3 is 3.10 bits per heavy atom. The van der Waals surface area contributed by atoms with Crippen LogP contribution in [0.2, 0.25) is 0 Å². The Bertz CT molecular complexity index is 237. The van der Waals surface area contributed by atoms with Gasteiger partial charge in [0.25, 0.3) is 0 Å². The number of rotatable bonds is 0. The van der Waals surface area contributed by atoms with E-state index in [-0.39, 0.29) is 0 Å². The molecule has 0 atom stereocenters. The molecule has 0 spiro atoms. The Kier molecular flexibility index (Phi) is 1.51. The van der Waals surface area contributed by atoms with Crippen molar-refractivity contribution < 1.29 is 9.59 Å². The minimum absolute atomic E-state index is 0.501. The van der Waals surface area contributed by atoms with Gasteiger partial charge in [-0.25, -0.2) is 9.59 Å². The summed E-state index contributed by atoms with van der Waals surface area (Å²) in [6, 6.07) is -1.19. The molecule has 0 bridgehead atoms. The van der Waals surface area contributed by atoms with Crippen LogP contribution < -0.4 is 5.32 Å². The van der Waals surface area contributed by atoms with Crippen LogP contribution in [0.1, 0.15) is 0 Å². The molecule has 10 heavy (non-hydrogen) atoms. The first-order chi connectivity index (χ1) is 4.70. The van der Waals surface area contributed by atoms with E-state index in [2.05, 4.69) is 10.9 Å². The van der Waals surface area contributed by atoms with Crippen LogP contribution in [0.5, 0.6) is 0 Å². The lowest BCUT2D eigenvalue weighted by molar-refractivity contribution is 0.218. The van der Waals surface area contributed by atoms with Gasteiger partial charge in [0, 0.05) is 12.9 Å². The zero-order chi connectivity index (χ0) is 7.56. The van der Waals surface area contributed by atoms with Crippen LogP contribution >= 0.6 is 0 Å². The highest BCUT2D eigenvalue weighted by Crippen LogP contribution is 1.87. The molecule has 4 amide bonds. The molecule has 0 radical (unpaired) electrons. The highest BCUT2D eigenvalue weighted by molar-refractivity contribution is 5.98. The summed E-state index contributed by atoms with van der Waals surface area (Å²) in [7, 11) is 1.50. The Labute approximate surface area is 57.0 Å². The average Bonchev–Trinajstić information content (AvgIpc) is 1.96. The van der Waals surface area contributed by atoms with Gasteiger partial charge < -0.3 is 0 Å². The van der Waals surface area contributed by atoms with E-state index in [0.29, 0.717) is 0 Å². The third-order valence-corrected chi connectivity index (χ3v) is 0.952. The van der Waals surface area contributed by atoms with E-state index in [4.69, 9.17) is 0 Å². The van der Waals surface area contributed by atoms with Gasteiger partial charge in [-0.2, -0.15) is 0 Å². The van der Waals surface area contributed by atoms with Crippen LogP contribution in [0.3, 0.4) is 0 Å². The first-order valence-corrected chi connectivity index (χ1v) is 2.57. The lowest BCUT2D eigenvalue weighted by Gasteiger charge is -2.06. The van der Waals surface area contributed by atoms with Gasteiger partial charge in [-0.1, -0.05) is 0 Å². The van der Waals surface area contributed by atoms with E-state index in [0.717, 1.165) is 0 Å². The van der Waals surface area contributed by atoms with E-state index in [1.54, 1.807) is 0 Å². The fourth-order valence-corrected chi connectivity index (χ4v) is 0.440. The molecule has 1 aliphatic rings. The van der Waals surface area contributed by atoms with E-state index < -0.39 is 12.1 Å². The number of amides is 4. The van der Waals surface area contributed by atoms with Crippen LogP contribution in [0.15, 0.2) is 11.2 Å². The van der Waals surface area contributed by atoms with Gasteiger partial charge in [-0.3, -0.25) is 10.2 Å². The zero-order valence-electron chi connectivity index (χ0n) is 5.29. The number of hydrogen-bond acceptors (Lipinski definition) is 2. The largest absolute Gasteiger partial charge is 0.357 e. The molecule has 52 valence electrons. The van der Waals surface area contributed by atoms with Crippen molar-refractivity contribution in [2.75, 3.05) is 7.05 Å². The first-order valence-electron chi connectivity index (χ1n) is 2.57. The minimum Gasteiger partial charge on any atom is -0.295 e. The molecular formula is C5H5N3O2. The summed E-state index contributed by atoms with van der Waals surface area (Å²) in [6.45, 7) is 0. The van der Waals surface area contributed by atoms with E-state index in [1.807, 2.05) is 5.32 Å². The van der Waals surface area contributed by atoms with Gasteiger partial charge in [-0.05, 0) is 0 Å². The van der Waals surface area contributed by atoms with Gasteiger partial charge in [0.05, 0.1) is 6.20 Å². The quantitative estimate of drug-likeness (QED) is 0.511. The third kappa shape index (κ3) is 1.21. The van der Waals surface area contributed by atoms with Crippen molar-refractivity contribution in [3.05, 3.63) is 6.20 Å². The summed E-state index contributed by atoms with van der Waals surface area (Å²) in [5.41, 5.74) is 0. The number of carbonyl (C=O) groups is 2. The predicted octanol–water partition coefficient (Wildman–Crippen LogP) is -0.0552. The average molecular weight is 139 g/mol. The number of urea groups is 2. The van der Waals surface area contributed by atoms with Crippen molar-refractivity contribution in [2.24, 2.45) is 4.99 Å². The summed E-state index contributed by atoms with van der Waals surface area (Å²) >= 11 is 0. The number of hydrogen-bond donors (Lipinski definition) is 1. The molecule has 0 unspecified atom stereocenters. The Morgan fingerprint density at radius 2 is 2.40 bits per heavy atom. The minimum atomic E-state index is -0.689. The van der Waals surface area contributed by atoms with Crippen LogP contribution in [-0.2, 0) is 0 Å². The van der Waals surface area contributed by atoms with Gasteiger partial charge in [0.2, 0.25) is 0 Å².